The monoisotopic (exact) mass is 426 g/mol. The summed E-state index contributed by atoms with van der Waals surface area (Å²) in [6.07, 6.45) is -0.641. The van der Waals surface area contributed by atoms with Crippen LogP contribution in [-0.2, 0) is 9.47 Å². The summed E-state index contributed by atoms with van der Waals surface area (Å²) in [7, 11) is 1.56. The molecule has 2 amide bonds. The molecular formula is C22H26N4O5. The van der Waals surface area contributed by atoms with Crippen molar-refractivity contribution in [3.05, 3.63) is 48.7 Å². The van der Waals surface area contributed by atoms with Crippen molar-refractivity contribution < 1.29 is 23.8 Å². The fourth-order valence-electron chi connectivity index (χ4n) is 2.91. The number of nitrogens with one attached hydrogen (secondary N) is 1. The molecule has 0 bridgehead atoms. The number of methoxy groups -OCH3 is 1. The highest BCUT2D eigenvalue weighted by Gasteiger charge is 2.29. The van der Waals surface area contributed by atoms with Crippen LogP contribution in [-0.4, -0.2) is 40.9 Å². The van der Waals surface area contributed by atoms with E-state index < -0.39 is 18.3 Å². The molecule has 9 nitrogen and oxygen atoms in total. The predicted molar refractivity (Wildman–Crippen MR) is 116 cm³/mol. The van der Waals surface area contributed by atoms with Crippen LogP contribution in [0.3, 0.4) is 0 Å². The molecule has 2 heterocycles. The SMILES string of the molecule is COc1ccn2c(N(NC(=O)OC(C)C)C(=O)OC(C)C)c(-c3ccccc3)nc2c1. The lowest BCUT2D eigenvalue weighted by atomic mass is 10.1. The molecule has 2 aromatic heterocycles. The van der Waals surface area contributed by atoms with Gasteiger partial charge in [0.2, 0.25) is 0 Å². The number of carbonyl (C=O) groups is 2. The summed E-state index contributed by atoms with van der Waals surface area (Å²) in [6, 6.07) is 12.8. The summed E-state index contributed by atoms with van der Waals surface area (Å²) in [5.74, 6) is 0.905. The van der Waals surface area contributed by atoms with Crippen molar-refractivity contribution in [3.63, 3.8) is 0 Å². The number of hydrogen-bond acceptors (Lipinski definition) is 6. The van der Waals surface area contributed by atoms with Gasteiger partial charge in [0, 0.05) is 17.8 Å². The van der Waals surface area contributed by atoms with E-state index in [0.717, 1.165) is 10.6 Å². The van der Waals surface area contributed by atoms with Gasteiger partial charge in [-0.05, 0) is 33.8 Å². The number of pyridine rings is 1. The smallest absolute Gasteiger partial charge is 0.435 e. The van der Waals surface area contributed by atoms with E-state index in [4.69, 9.17) is 14.2 Å². The minimum atomic E-state index is -0.793. The fourth-order valence-corrected chi connectivity index (χ4v) is 2.91. The Morgan fingerprint density at radius 2 is 1.71 bits per heavy atom. The molecular weight excluding hydrogens is 400 g/mol. The van der Waals surface area contributed by atoms with Crippen LogP contribution >= 0.6 is 0 Å². The van der Waals surface area contributed by atoms with E-state index in [1.54, 1.807) is 57.5 Å². The quantitative estimate of drug-likeness (QED) is 0.607. The number of rotatable bonds is 5. The first-order valence-corrected chi connectivity index (χ1v) is 9.89. The largest absolute Gasteiger partial charge is 0.497 e. The van der Waals surface area contributed by atoms with E-state index in [-0.39, 0.29) is 6.10 Å². The lowest BCUT2D eigenvalue weighted by molar-refractivity contribution is 0.103. The van der Waals surface area contributed by atoms with E-state index in [9.17, 15) is 9.59 Å². The van der Waals surface area contributed by atoms with E-state index >= 15 is 0 Å². The number of hydrazine groups is 1. The number of anilines is 1. The van der Waals surface area contributed by atoms with Crippen LogP contribution in [0.25, 0.3) is 16.9 Å². The highest BCUT2D eigenvalue weighted by Crippen LogP contribution is 2.32. The van der Waals surface area contributed by atoms with Crippen LogP contribution in [0.2, 0.25) is 0 Å². The number of benzene rings is 1. The van der Waals surface area contributed by atoms with Crippen molar-refractivity contribution in [2.24, 2.45) is 0 Å². The lowest BCUT2D eigenvalue weighted by Gasteiger charge is -2.24. The van der Waals surface area contributed by atoms with Gasteiger partial charge in [-0.2, -0.15) is 5.01 Å². The molecule has 9 heteroatoms. The Labute approximate surface area is 180 Å². The van der Waals surface area contributed by atoms with Crippen LogP contribution in [0.1, 0.15) is 27.7 Å². The third-order valence-electron chi connectivity index (χ3n) is 4.13. The Morgan fingerprint density at radius 1 is 1.03 bits per heavy atom. The van der Waals surface area contributed by atoms with E-state index in [0.29, 0.717) is 22.9 Å². The number of ether oxygens (including phenoxy) is 3. The molecule has 0 radical (unpaired) electrons. The molecule has 1 aromatic carbocycles. The second kappa shape index (κ2) is 9.38. The Kier molecular flexibility index (Phi) is 6.64. The molecule has 0 saturated heterocycles. The molecule has 0 atom stereocenters. The topological polar surface area (TPSA) is 94.4 Å². The van der Waals surface area contributed by atoms with Gasteiger partial charge >= 0.3 is 12.2 Å². The maximum absolute atomic E-state index is 13.0. The molecule has 3 aromatic rings. The van der Waals surface area contributed by atoms with Gasteiger partial charge in [0.05, 0.1) is 19.3 Å². The first-order chi connectivity index (χ1) is 14.8. The van der Waals surface area contributed by atoms with Gasteiger partial charge in [0.15, 0.2) is 5.82 Å². The summed E-state index contributed by atoms with van der Waals surface area (Å²) >= 11 is 0. The minimum absolute atomic E-state index is 0.301. The third-order valence-corrected chi connectivity index (χ3v) is 4.13. The number of fused-ring (bicyclic) bond motifs is 1. The van der Waals surface area contributed by atoms with E-state index in [2.05, 4.69) is 10.4 Å². The number of nitrogens with zero attached hydrogens (tertiary/aromatic N) is 3. The van der Waals surface area contributed by atoms with Crippen LogP contribution < -0.4 is 15.2 Å². The van der Waals surface area contributed by atoms with Crippen molar-refractivity contribution in [1.82, 2.24) is 14.8 Å². The van der Waals surface area contributed by atoms with Gasteiger partial charge < -0.3 is 14.2 Å². The highest BCUT2D eigenvalue weighted by molar-refractivity contribution is 5.95. The molecule has 0 aliphatic rings. The standard InChI is InChI=1S/C22H26N4O5/c1-14(2)30-21(27)24-26(22(28)31-15(3)4)20-19(16-9-7-6-8-10-16)23-18-13-17(29-5)11-12-25(18)20/h6-15H,1-5H3,(H,24,27). The molecule has 3 rings (SSSR count). The molecule has 164 valence electrons. The number of carbonyl (C=O) groups excluding carboxylic acids is 2. The molecule has 0 fully saturated rings. The van der Waals surface area contributed by atoms with Crippen LogP contribution in [0.5, 0.6) is 5.75 Å². The Hall–Kier alpha value is -3.75. The van der Waals surface area contributed by atoms with Gasteiger partial charge in [0.25, 0.3) is 0 Å². The highest BCUT2D eigenvalue weighted by atomic mass is 16.6. The van der Waals surface area contributed by atoms with Gasteiger partial charge in [-0.3, -0.25) is 4.40 Å². The molecule has 0 saturated carbocycles. The zero-order valence-corrected chi connectivity index (χ0v) is 18.2. The summed E-state index contributed by atoms with van der Waals surface area (Å²) < 4.78 is 17.5. The van der Waals surface area contributed by atoms with Crippen LogP contribution in [0.15, 0.2) is 48.7 Å². The first-order valence-electron chi connectivity index (χ1n) is 9.89. The molecule has 0 unspecified atom stereocenters. The Morgan fingerprint density at radius 3 is 2.32 bits per heavy atom. The first kappa shape index (κ1) is 21.9. The van der Waals surface area contributed by atoms with Crippen molar-refractivity contribution in [2.45, 2.75) is 39.9 Å². The third kappa shape index (κ3) is 5.06. The lowest BCUT2D eigenvalue weighted by Crippen LogP contribution is -2.48. The molecule has 31 heavy (non-hydrogen) atoms. The maximum Gasteiger partial charge on any atom is 0.435 e. The van der Waals surface area contributed by atoms with Gasteiger partial charge in [-0.1, -0.05) is 30.3 Å². The van der Waals surface area contributed by atoms with Gasteiger partial charge in [0.1, 0.15) is 17.1 Å². The van der Waals surface area contributed by atoms with E-state index in [1.165, 1.54) is 0 Å². The van der Waals surface area contributed by atoms with Crippen LogP contribution in [0, 0.1) is 0 Å². The zero-order chi connectivity index (χ0) is 22.5. The van der Waals surface area contributed by atoms with Crippen molar-refractivity contribution >= 4 is 23.7 Å². The summed E-state index contributed by atoms with van der Waals surface area (Å²) in [5.41, 5.74) is 4.24. The summed E-state index contributed by atoms with van der Waals surface area (Å²) in [5, 5.41) is 1.01. The van der Waals surface area contributed by atoms with Gasteiger partial charge in [-0.15, -0.1) is 0 Å². The number of hydrogen-bond donors (Lipinski definition) is 1. The molecule has 1 N–H and O–H groups in total. The van der Waals surface area contributed by atoms with Crippen molar-refractivity contribution in [3.8, 4) is 17.0 Å². The van der Waals surface area contributed by atoms with Crippen molar-refractivity contribution in [1.29, 1.82) is 0 Å². The maximum atomic E-state index is 13.0. The Bertz CT molecular complexity index is 1060. The molecule has 0 spiro atoms. The normalized spacial score (nSPS) is 10.9. The van der Waals surface area contributed by atoms with Crippen LogP contribution in [0.4, 0.5) is 15.4 Å². The predicted octanol–water partition coefficient (Wildman–Crippen LogP) is 4.41. The zero-order valence-electron chi connectivity index (χ0n) is 18.2. The fraction of sp³-hybridized carbons (Fsp3) is 0.318. The Balaban J connectivity index is 2.19. The summed E-state index contributed by atoms with van der Waals surface area (Å²) in [6.45, 7) is 6.87. The average molecular weight is 426 g/mol. The summed E-state index contributed by atoms with van der Waals surface area (Å²) in [4.78, 5) is 30.1. The second-order valence-corrected chi connectivity index (χ2v) is 7.28. The molecule has 0 aliphatic heterocycles. The molecule has 0 aliphatic carbocycles. The van der Waals surface area contributed by atoms with Gasteiger partial charge in [-0.25, -0.2) is 20.0 Å². The van der Waals surface area contributed by atoms with E-state index in [1.807, 2.05) is 30.3 Å². The second-order valence-electron chi connectivity index (χ2n) is 7.28. The average Bonchev–Trinajstić information content (AvgIpc) is 3.09. The number of amides is 2. The number of imidazole rings is 1. The van der Waals surface area contributed by atoms with Crippen molar-refractivity contribution in [2.75, 3.05) is 12.1 Å². The minimum Gasteiger partial charge on any atom is -0.497 e. The number of aromatic nitrogens is 2.